The molecule has 20 nitrogen and oxygen atoms in total. The van der Waals surface area contributed by atoms with Crippen LogP contribution in [0, 0.1) is 36.4 Å². The zero-order valence-electron chi connectivity index (χ0n) is 45.5. The molecule has 1 fully saturated rings. The van der Waals surface area contributed by atoms with E-state index in [4.69, 9.17) is 24.0 Å². The largest absolute Gasteiger partial charge is 0.507 e. The highest BCUT2D eigenvalue weighted by Gasteiger charge is 2.48. The molecule has 11 atom stereocenters. The van der Waals surface area contributed by atoms with Gasteiger partial charge in [-0.2, -0.15) is 5.10 Å². The lowest BCUT2D eigenvalue weighted by Crippen LogP contribution is -2.50. The van der Waals surface area contributed by atoms with Crippen LogP contribution in [0.2, 0.25) is 0 Å². The van der Waals surface area contributed by atoms with Crippen molar-refractivity contribution >= 4 is 62.9 Å². The number of anilines is 2. The monoisotopic (exact) mass is 1080 g/mol. The van der Waals surface area contributed by atoms with Gasteiger partial charge in [0.25, 0.3) is 5.91 Å². The van der Waals surface area contributed by atoms with E-state index in [2.05, 4.69) is 5.32 Å². The third-order valence-corrected chi connectivity index (χ3v) is 16.2. The second kappa shape index (κ2) is 21.7. The second-order valence-corrected chi connectivity index (χ2v) is 21.5. The lowest BCUT2D eigenvalue weighted by Gasteiger charge is -2.40. The molecule has 21 heteroatoms. The number of amides is 1. The summed E-state index contributed by atoms with van der Waals surface area (Å²) < 4.78 is 41.9. The molecule has 4 aromatic rings. The number of nitrogens with one attached hydrogen (secondary N) is 1. The number of aromatic nitrogens is 1. The zero-order chi connectivity index (χ0) is 57.1. The molecular weight excluding hydrogens is 1010 g/mol. The van der Waals surface area contributed by atoms with Crippen LogP contribution in [0.3, 0.4) is 0 Å². The molecule has 5 aliphatic rings. The van der Waals surface area contributed by atoms with Crippen molar-refractivity contribution in [2.75, 3.05) is 43.6 Å². The number of hydrazone groups is 1. The lowest BCUT2D eigenvalue weighted by molar-refractivity contribution is -0.160. The number of aliphatic hydroxyl groups excluding tert-OH is 2. The summed E-state index contributed by atoms with van der Waals surface area (Å²) in [5.74, 6) is -8.54. The fourth-order valence-corrected chi connectivity index (χ4v) is 11.4. The molecule has 78 heavy (non-hydrogen) atoms. The molecule has 5 heterocycles. The molecule has 5 bridgehead atoms. The number of aliphatic hydroxyl groups is 2. The number of aromatic hydroxyl groups is 3. The number of phenolic OH excluding ortho intramolecular Hbond substituents is 3. The summed E-state index contributed by atoms with van der Waals surface area (Å²) in [6.45, 7) is 16.8. The van der Waals surface area contributed by atoms with Crippen LogP contribution in [0.5, 0.6) is 23.0 Å². The Kier molecular flexibility index (Phi) is 15.8. The molecule has 1 saturated heterocycles. The maximum Gasteiger partial charge on any atom is 0.341 e. The van der Waals surface area contributed by atoms with Crippen molar-refractivity contribution in [1.82, 2.24) is 9.58 Å². The number of carbonyl (C=O) groups is 4. The van der Waals surface area contributed by atoms with Gasteiger partial charge in [0.2, 0.25) is 11.2 Å². The first-order valence-electron chi connectivity index (χ1n) is 25.9. The van der Waals surface area contributed by atoms with Gasteiger partial charge in [-0.3, -0.25) is 24.2 Å². The number of rotatable bonds is 6. The quantitative estimate of drug-likeness (QED) is 0.0463. The molecule has 0 radical (unpaired) electrons. The Balaban J connectivity index is 1.21. The first kappa shape index (κ1) is 56.7. The molecule has 4 aliphatic heterocycles. The third-order valence-electron chi connectivity index (χ3n) is 16.2. The number of phenols is 3. The number of methoxy groups -OCH3 is 1. The Bertz CT molecular complexity index is 3310. The summed E-state index contributed by atoms with van der Waals surface area (Å²) in [6, 6.07) is 0.159. The number of ether oxygens (including phenoxy) is 4. The van der Waals surface area contributed by atoms with E-state index in [-0.39, 0.29) is 99.8 Å². The van der Waals surface area contributed by atoms with Gasteiger partial charge < -0.3 is 64.4 Å². The number of benzene rings is 3. The van der Waals surface area contributed by atoms with Gasteiger partial charge in [-0.25, -0.2) is 9.18 Å². The summed E-state index contributed by atoms with van der Waals surface area (Å²) in [7, 11) is 1.44. The Morgan fingerprint density at radius 3 is 2.29 bits per heavy atom. The van der Waals surface area contributed by atoms with Crippen molar-refractivity contribution in [3.8, 4) is 23.0 Å². The number of carbonyl (C=O) groups excluding carboxylic acids is 3. The van der Waals surface area contributed by atoms with Crippen molar-refractivity contribution in [2.45, 2.75) is 118 Å². The number of carboxylic acids is 1. The number of allylic oxidation sites excluding steroid dienone is 2. The number of hydrogen-bond donors (Lipinski definition) is 7. The molecule has 418 valence electrons. The summed E-state index contributed by atoms with van der Waals surface area (Å²) >= 11 is 0. The van der Waals surface area contributed by atoms with Gasteiger partial charge in [-0.05, 0) is 57.9 Å². The van der Waals surface area contributed by atoms with Crippen LogP contribution in [0.4, 0.5) is 15.8 Å². The van der Waals surface area contributed by atoms with Crippen LogP contribution in [0.1, 0.15) is 106 Å². The van der Waals surface area contributed by atoms with Crippen LogP contribution in [0.15, 0.2) is 58.3 Å². The Morgan fingerprint density at radius 2 is 1.64 bits per heavy atom. The highest BCUT2D eigenvalue weighted by molar-refractivity contribution is 6.23. The number of nitrogens with zero attached hydrogens (tertiary/aromatic N) is 4. The van der Waals surface area contributed by atoms with Gasteiger partial charge in [-0.15, -0.1) is 0 Å². The fourth-order valence-electron chi connectivity index (χ4n) is 11.4. The number of hydrogen-bond acceptors (Lipinski definition) is 17. The minimum absolute atomic E-state index is 0.0587. The minimum Gasteiger partial charge on any atom is -0.507 e. The van der Waals surface area contributed by atoms with Crippen molar-refractivity contribution in [3.05, 3.63) is 92.3 Å². The van der Waals surface area contributed by atoms with Crippen molar-refractivity contribution in [3.63, 3.8) is 0 Å². The third kappa shape index (κ3) is 9.91. The van der Waals surface area contributed by atoms with Crippen LogP contribution in [0.25, 0.3) is 21.7 Å². The van der Waals surface area contributed by atoms with E-state index in [1.54, 1.807) is 75.1 Å². The van der Waals surface area contributed by atoms with E-state index in [0.29, 0.717) is 5.56 Å². The van der Waals surface area contributed by atoms with Crippen LogP contribution in [-0.2, 0) is 30.2 Å². The second-order valence-electron chi connectivity index (χ2n) is 21.5. The van der Waals surface area contributed by atoms with E-state index in [1.165, 1.54) is 58.7 Å². The Labute approximate surface area is 449 Å². The maximum atomic E-state index is 16.3. The molecule has 1 aromatic heterocycles. The fraction of sp³-hybridized carbons (Fsp3) is 0.474. The number of pyridine rings is 1. The molecular formula is C57H68FN5O15. The summed E-state index contributed by atoms with van der Waals surface area (Å²) in [6.07, 6.45) is 5.82. The first-order chi connectivity index (χ1) is 36.7. The van der Waals surface area contributed by atoms with Gasteiger partial charge in [0.1, 0.15) is 35.5 Å². The maximum absolute atomic E-state index is 16.3. The summed E-state index contributed by atoms with van der Waals surface area (Å²) in [5, 5.41) is 77.9. The van der Waals surface area contributed by atoms with Crippen LogP contribution < -0.4 is 20.4 Å². The Morgan fingerprint density at radius 1 is 0.936 bits per heavy atom. The molecule has 1 aliphatic carbocycles. The van der Waals surface area contributed by atoms with Crippen molar-refractivity contribution in [2.24, 2.45) is 28.8 Å². The number of carboxylic acid groups (broad SMARTS) is 1. The SMILES string of the molecule is CO[C@H]1C=CO[C@@]2(C)Cc3c(C)c(O)c4c(O)c(c(C=NN5CCN(c6c(F)cc7c(=O)c(C(=O)O)cn8c7c6OCC8C)CC5C)c(O)c4c3C2=O)NC(=O)C(C)=CC=C[C@H](C)[C@H](O)[C@@H](C)[C@@H](O)[C@@H](C)[C@H](OC(C)=O)[C@@H]1C. The average Bonchev–Trinajstić information content (AvgIpc) is 3.77. The molecule has 0 spiro atoms. The van der Waals surface area contributed by atoms with Gasteiger partial charge in [-0.1, -0.05) is 45.9 Å². The smallest absolute Gasteiger partial charge is 0.341 e. The topological polar surface area (TPSA) is 279 Å². The molecule has 7 N–H and O–H groups in total. The van der Waals surface area contributed by atoms with E-state index in [1.807, 2.05) is 0 Å². The normalized spacial score (nSPS) is 28.1. The first-order valence-corrected chi connectivity index (χ1v) is 25.9. The molecule has 3 aromatic carbocycles. The van der Waals surface area contributed by atoms with Gasteiger partial charge in [0, 0.05) is 79.9 Å². The molecule has 9 rings (SSSR count). The number of esters is 1. The van der Waals surface area contributed by atoms with Gasteiger partial charge in [0.05, 0.1) is 77.0 Å². The number of fused-ring (bicyclic) bond motifs is 14. The average molecular weight is 1080 g/mol. The van der Waals surface area contributed by atoms with Crippen molar-refractivity contribution < 1.29 is 73.2 Å². The zero-order valence-corrected chi connectivity index (χ0v) is 45.5. The predicted molar refractivity (Wildman–Crippen MR) is 288 cm³/mol. The lowest BCUT2D eigenvalue weighted by atomic mass is 9.78. The number of Topliss-reactive ketones (excluding diaryl/α,β-unsaturated/α-hetero) is 1. The highest BCUT2D eigenvalue weighted by Crippen LogP contribution is 2.53. The summed E-state index contributed by atoms with van der Waals surface area (Å²) in [4.78, 5) is 68.5. The van der Waals surface area contributed by atoms with Crippen LogP contribution in [-0.4, -0.2) is 139 Å². The van der Waals surface area contributed by atoms with Crippen LogP contribution >= 0.6 is 0 Å². The molecule has 2 unspecified atom stereocenters. The summed E-state index contributed by atoms with van der Waals surface area (Å²) in [5.41, 5.74) is -2.70. The predicted octanol–water partition coefficient (Wildman–Crippen LogP) is 6.61. The van der Waals surface area contributed by atoms with E-state index >= 15 is 4.39 Å². The van der Waals surface area contributed by atoms with Gasteiger partial charge >= 0.3 is 11.9 Å². The standard InChI is InChI=1S/C57H68FN5O15/c1-25-13-12-14-26(2)55(72)60-43-36(21-59-63-17-16-61(22-27(63)3)45-38(58)19-34-44-53(45)76-24-28(4)62(44)23-37(49(34)68)56(73)74)50(69)41-40-35(29(5)48(67)42(41)51(43)70)20-57(10,54(40)71)77-18-15-39(75-11)30(6)52(78-33(9)64)32(8)47(66)31(7)46(25)65/h12-15,18-19,21,23,25,27-28,30-32,39,46-47,52,65-67,69-70H,16-17,20,22,24H2,1-11H3,(H,60,72)(H,73,74)/t25-,27?,28?,30+,31+,32+,39-,46-,47+,52+,57-/m0/s1. The molecule has 1 amide bonds. The minimum atomic E-state index is -1.65. The van der Waals surface area contributed by atoms with E-state index in [0.717, 1.165) is 6.07 Å². The Hall–Kier alpha value is -7.49. The van der Waals surface area contributed by atoms with Crippen molar-refractivity contribution in [1.29, 1.82) is 0 Å². The van der Waals surface area contributed by atoms with E-state index < -0.39 is 117 Å². The highest BCUT2D eigenvalue weighted by atomic mass is 19.1. The number of halogens is 1. The number of piperazine rings is 1. The van der Waals surface area contributed by atoms with E-state index in [9.17, 15) is 54.6 Å². The van der Waals surface area contributed by atoms with Gasteiger partial charge in [0.15, 0.2) is 22.9 Å². The number of aromatic carboxylic acids is 1. The molecule has 0 saturated carbocycles. The number of ketones is 1.